The van der Waals surface area contributed by atoms with Gasteiger partial charge in [-0.3, -0.25) is 4.79 Å². The van der Waals surface area contributed by atoms with E-state index in [-0.39, 0.29) is 22.4 Å². The molecule has 1 aliphatic rings. The van der Waals surface area contributed by atoms with E-state index in [1.54, 1.807) is 30.3 Å². The second-order valence-electron chi connectivity index (χ2n) is 8.66. The number of rotatable bonds is 11. The second kappa shape index (κ2) is 13.9. The Morgan fingerprint density at radius 1 is 0.868 bits per heavy atom. The molecule has 0 fully saturated rings. The number of amides is 1. The number of hydrogen-bond acceptors (Lipinski definition) is 7. The molecule has 0 aromatic heterocycles. The van der Waals surface area contributed by atoms with E-state index in [2.05, 4.69) is 46.4 Å². The van der Waals surface area contributed by atoms with Crippen molar-refractivity contribution in [2.75, 3.05) is 18.0 Å². The van der Waals surface area contributed by atoms with Gasteiger partial charge in [0, 0.05) is 18.8 Å². The van der Waals surface area contributed by atoms with Gasteiger partial charge in [0.2, 0.25) is 0 Å². The minimum atomic E-state index is -0.536. The smallest absolute Gasteiger partial charge is 0.257 e. The van der Waals surface area contributed by atoms with Gasteiger partial charge in [-0.25, -0.2) is 0 Å². The number of azo groups is 1. The standard InChI is InChI=1S/C30H29N7O/c1-3-5-17-37(18-6-4-2)26-14-12-25(13-15-26)36-35-24-10-7-22(8-11-24)9-16-27-28(21-33)29(34-30(27)38)23(19-31)20-32/h7-16H,3-6,17-18H2,1-2H3,(H,34,38)/b16-9+,36-35+. The first-order chi connectivity index (χ1) is 18.5. The molecule has 0 saturated heterocycles. The number of nitrogens with zero attached hydrogens (tertiary/aromatic N) is 6. The van der Waals surface area contributed by atoms with Crippen molar-refractivity contribution in [3.05, 3.63) is 82.6 Å². The molecular formula is C30H29N7O. The highest BCUT2D eigenvalue weighted by Crippen LogP contribution is 2.26. The van der Waals surface area contributed by atoms with Gasteiger partial charge in [-0.05, 0) is 60.9 Å². The number of nitriles is 3. The molecule has 0 unspecified atom stereocenters. The van der Waals surface area contributed by atoms with Crippen molar-refractivity contribution >= 4 is 29.0 Å². The minimum Gasteiger partial charge on any atom is -0.372 e. The number of allylic oxidation sites excluding steroid dienone is 2. The van der Waals surface area contributed by atoms with E-state index in [0.717, 1.165) is 24.3 Å². The molecule has 1 amide bonds. The van der Waals surface area contributed by atoms with Crippen molar-refractivity contribution in [3.63, 3.8) is 0 Å². The number of benzene rings is 2. The van der Waals surface area contributed by atoms with Crippen LogP contribution in [0.4, 0.5) is 17.1 Å². The Morgan fingerprint density at radius 2 is 1.42 bits per heavy atom. The van der Waals surface area contributed by atoms with Crippen LogP contribution in [-0.2, 0) is 4.79 Å². The molecule has 2 aromatic carbocycles. The van der Waals surface area contributed by atoms with E-state index in [1.807, 2.05) is 30.3 Å². The number of unbranched alkanes of at least 4 members (excludes halogenated alkanes) is 2. The van der Waals surface area contributed by atoms with Crippen molar-refractivity contribution < 1.29 is 4.79 Å². The van der Waals surface area contributed by atoms with Crippen molar-refractivity contribution in [2.24, 2.45) is 10.2 Å². The van der Waals surface area contributed by atoms with Crippen LogP contribution in [0.15, 0.2) is 87.3 Å². The molecule has 8 nitrogen and oxygen atoms in total. The molecule has 2 aromatic rings. The fourth-order valence-electron chi connectivity index (χ4n) is 3.84. The SMILES string of the molecule is CCCCN(CCCC)c1ccc(/N=N/c2ccc(/C=C/C3=C(C#N)C(=C(C#N)C#N)NC3=O)cc2)cc1. The van der Waals surface area contributed by atoms with E-state index >= 15 is 0 Å². The summed E-state index contributed by atoms with van der Waals surface area (Å²) in [7, 11) is 0. The van der Waals surface area contributed by atoms with Gasteiger partial charge in [-0.2, -0.15) is 26.0 Å². The Balaban J connectivity index is 1.69. The number of carbonyl (C=O) groups excluding carboxylic acids is 1. The molecule has 0 atom stereocenters. The normalized spacial score (nSPS) is 12.9. The van der Waals surface area contributed by atoms with Gasteiger partial charge in [0.15, 0.2) is 5.57 Å². The zero-order valence-electron chi connectivity index (χ0n) is 21.6. The van der Waals surface area contributed by atoms with Crippen LogP contribution >= 0.6 is 0 Å². The summed E-state index contributed by atoms with van der Waals surface area (Å²) in [4.78, 5) is 14.7. The van der Waals surface area contributed by atoms with E-state index in [9.17, 15) is 10.1 Å². The van der Waals surface area contributed by atoms with Gasteiger partial charge in [-0.15, -0.1) is 0 Å². The first-order valence-corrected chi connectivity index (χ1v) is 12.6. The lowest BCUT2D eigenvalue weighted by Gasteiger charge is -2.24. The average Bonchev–Trinajstić information content (AvgIpc) is 3.27. The van der Waals surface area contributed by atoms with Gasteiger partial charge >= 0.3 is 0 Å². The van der Waals surface area contributed by atoms with Gasteiger partial charge in [0.05, 0.1) is 28.2 Å². The summed E-state index contributed by atoms with van der Waals surface area (Å²) in [5.41, 5.74) is 3.13. The molecule has 0 spiro atoms. The molecular weight excluding hydrogens is 474 g/mol. The Kier molecular flexibility index (Phi) is 10.1. The monoisotopic (exact) mass is 503 g/mol. The molecule has 38 heavy (non-hydrogen) atoms. The Hall–Kier alpha value is -5.00. The zero-order valence-corrected chi connectivity index (χ0v) is 21.6. The van der Waals surface area contributed by atoms with Crippen molar-refractivity contribution in [2.45, 2.75) is 39.5 Å². The molecule has 1 N–H and O–H groups in total. The largest absolute Gasteiger partial charge is 0.372 e. The number of carbonyl (C=O) groups is 1. The van der Waals surface area contributed by atoms with Gasteiger partial charge in [-0.1, -0.05) is 44.9 Å². The van der Waals surface area contributed by atoms with E-state index in [1.165, 1.54) is 37.4 Å². The lowest BCUT2D eigenvalue weighted by atomic mass is 10.1. The third kappa shape index (κ3) is 7.03. The van der Waals surface area contributed by atoms with E-state index < -0.39 is 5.91 Å². The summed E-state index contributed by atoms with van der Waals surface area (Å²) in [6, 6.07) is 20.7. The van der Waals surface area contributed by atoms with Crippen LogP contribution in [0.2, 0.25) is 0 Å². The van der Waals surface area contributed by atoms with Crippen LogP contribution in [0.25, 0.3) is 6.08 Å². The van der Waals surface area contributed by atoms with Crippen LogP contribution in [0.5, 0.6) is 0 Å². The van der Waals surface area contributed by atoms with Gasteiger partial charge < -0.3 is 10.2 Å². The summed E-state index contributed by atoms with van der Waals surface area (Å²) in [5.74, 6) is -0.536. The third-order valence-electron chi connectivity index (χ3n) is 5.98. The summed E-state index contributed by atoms with van der Waals surface area (Å²) in [6.45, 7) is 6.52. The van der Waals surface area contributed by atoms with Crippen molar-refractivity contribution in [3.8, 4) is 18.2 Å². The fraction of sp³-hybridized carbons (Fsp3) is 0.267. The van der Waals surface area contributed by atoms with Crippen molar-refractivity contribution in [1.29, 1.82) is 15.8 Å². The lowest BCUT2D eigenvalue weighted by molar-refractivity contribution is -0.115. The molecule has 1 heterocycles. The highest BCUT2D eigenvalue weighted by atomic mass is 16.2. The quantitative estimate of drug-likeness (QED) is 0.267. The molecule has 0 bridgehead atoms. The Labute approximate surface area is 223 Å². The highest BCUT2D eigenvalue weighted by molar-refractivity contribution is 6.05. The average molecular weight is 504 g/mol. The molecule has 0 saturated carbocycles. The first-order valence-electron chi connectivity index (χ1n) is 12.6. The third-order valence-corrected chi connectivity index (χ3v) is 5.98. The highest BCUT2D eigenvalue weighted by Gasteiger charge is 2.28. The topological polar surface area (TPSA) is 128 Å². The van der Waals surface area contributed by atoms with Crippen LogP contribution in [0.1, 0.15) is 45.1 Å². The molecule has 3 rings (SSSR count). The van der Waals surface area contributed by atoms with Crippen LogP contribution < -0.4 is 10.2 Å². The minimum absolute atomic E-state index is 0.0281. The van der Waals surface area contributed by atoms with E-state index in [4.69, 9.17) is 10.5 Å². The van der Waals surface area contributed by atoms with Crippen LogP contribution in [-0.4, -0.2) is 19.0 Å². The predicted octanol–water partition coefficient (Wildman–Crippen LogP) is 6.77. The number of hydrogen-bond donors (Lipinski definition) is 1. The molecule has 8 heteroatoms. The second-order valence-corrected chi connectivity index (χ2v) is 8.66. The molecule has 0 aliphatic carbocycles. The Bertz CT molecular complexity index is 1370. The van der Waals surface area contributed by atoms with Gasteiger partial charge in [0.25, 0.3) is 5.91 Å². The molecule has 190 valence electrons. The maximum absolute atomic E-state index is 12.3. The molecule has 1 aliphatic heterocycles. The lowest BCUT2D eigenvalue weighted by Crippen LogP contribution is -2.25. The maximum atomic E-state index is 12.3. The summed E-state index contributed by atoms with van der Waals surface area (Å²) in [5, 5.41) is 38.7. The number of nitrogens with one attached hydrogen (secondary N) is 1. The number of anilines is 1. The Morgan fingerprint density at radius 3 is 1.92 bits per heavy atom. The summed E-state index contributed by atoms with van der Waals surface area (Å²) in [6.07, 6.45) is 7.85. The molecule has 0 radical (unpaired) electrons. The van der Waals surface area contributed by atoms with Crippen LogP contribution in [0.3, 0.4) is 0 Å². The van der Waals surface area contributed by atoms with Crippen molar-refractivity contribution in [1.82, 2.24) is 5.32 Å². The van der Waals surface area contributed by atoms with E-state index in [0.29, 0.717) is 5.69 Å². The summed E-state index contributed by atoms with van der Waals surface area (Å²) >= 11 is 0. The van der Waals surface area contributed by atoms with Crippen LogP contribution in [0, 0.1) is 34.0 Å². The van der Waals surface area contributed by atoms with Gasteiger partial charge in [0.1, 0.15) is 18.2 Å². The fourth-order valence-corrected chi connectivity index (χ4v) is 3.84. The summed E-state index contributed by atoms with van der Waals surface area (Å²) < 4.78 is 0. The maximum Gasteiger partial charge on any atom is 0.257 e. The zero-order chi connectivity index (χ0) is 27.3. The first kappa shape index (κ1) is 27.6. The predicted molar refractivity (Wildman–Crippen MR) is 147 cm³/mol.